The lowest BCUT2D eigenvalue weighted by Gasteiger charge is -2.27. The van der Waals surface area contributed by atoms with Gasteiger partial charge in [0.15, 0.2) is 0 Å². The zero-order chi connectivity index (χ0) is 24.0. The van der Waals surface area contributed by atoms with Crippen molar-refractivity contribution in [2.24, 2.45) is 0 Å². The van der Waals surface area contributed by atoms with Gasteiger partial charge in [0.2, 0.25) is 17.7 Å². The Morgan fingerprint density at radius 3 is 2.21 bits per heavy atom. The average molecular weight is 451 g/mol. The van der Waals surface area contributed by atoms with Gasteiger partial charge in [-0.3, -0.25) is 19.3 Å². The van der Waals surface area contributed by atoms with Crippen molar-refractivity contribution in [3.05, 3.63) is 60.4 Å². The SMILES string of the molecule is CCN(CC(=O)Nc1ccc(NC(C)=O)cc1)CC(=O)N(C)C(C)c1cc2ccccc2o1. The Morgan fingerprint density at radius 2 is 1.61 bits per heavy atom. The summed E-state index contributed by atoms with van der Waals surface area (Å²) in [5, 5.41) is 6.50. The molecular weight excluding hydrogens is 420 g/mol. The highest BCUT2D eigenvalue weighted by Gasteiger charge is 2.23. The van der Waals surface area contributed by atoms with Crippen LogP contribution in [-0.2, 0) is 14.4 Å². The first-order chi connectivity index (χ1) is 15.8. The van der Waals surface area contributed by atoms with Gasteiger partial charge in [-0.15, -0.1) is 0 Å². The smallest absolute Gasteiger partial charge is 0.238 e. The number of hydrogen-bond acceptors (Lipinski definition) is 5. The van der Waals surface area contributed by atoms with Crippen molar-refractivity contribution in [3.63, 3.8) is 0 Å². The number of carbonyl (C=O) groups excluding carboxylic acids is 3. The second-order valence-electron chi connectivity index (χ2n) is 7.98. The van der Waals surface area contributed by atoms with E-state index >= 15 is 0 Å². The Bertz CT molecular complexity index is 1090. The molecule has 1 aromatic heterocycles. The Labute approximate surface area is 193 Å². The molecule has 0 bridgehead atoms. The number of anilines is 2. The maximum Gasteiger partial charge on any atom is 0.238 e. The predicted octanol–water partition coefficient (Wildman–Crippen LogP) is 3.87. The highest BCUT2D eigenvalue weighted by atomic mass is 16.3. The molecule has 1 unspecified atom stereocenters. The van der Waals surface area contributed by atoms with Crippen molar-refractivity contribution in [2.45, 2.75) is 26.8 Å². The van der Waals surface area contributed by atoms with Crippen LogP contribution in [0.15, 0.2) is 59.0 Å². The molecule has 0 fully saturated rings. The maximum atomic E-state index is 12.9. The van der Waals surface area contributed by atoms with E-state index in [0.29, 0.717) is 17.9 Å². The average Bonchev–Trinajstić information content (AvgIpc) is 3.22. The zero-order valence-electron chi connectivity index (χ0n) is 19.4. The van der Waals surface area contributed by atoms with Crippen LogP contribution in [0.25, 0.3) is 11.0 Å². The summed E-state index contributed by atoms with van der Waals surface area (Å²) >= 11 is 0. The summed E-state index contributed by atoms with van der Waals surface area (Å²) in [7, 11) is 1.74. The Hall–Kier alpha value is -3.65. The lowest BCUT2D eigenvalue weighted by molar-refractivity contribution is -0.133. The quantitative estimate of drug-likeness (QED) is 0.516. The molecule has 33 heavy (non-hydrogen) atoms. The fraction of sp³-hybridized carbons (Fsp3) is 0.320. The van der Waals surface area contributed by atoms with Crippen molar-refractivity contribution in [2.75, 3.05) is 37.3 Å². The van der Waals surface area contributed by atoms with Gasteiger partial charge in [-0.1, -0.05) is 25.1 Å². The summed E-state index contributed by atoms with van der Waals surface area (Å²) in [6, 6.07) is 16.3. The largest absolute Gasteiger partial charge is 0.459 e. The van der Waals surface area contributed by atoms with E-state index in [-0.39, 0.29) is 36.9 Å². The third kappa shape index (κ3) is 6.43. The summed E-state index contributed by atoms with van der Waals surface area (Å²) in [4.78, 5) is 39.9. The van der Waals surface area contributed by atoms with E-state index < -0.39 is 0 Å². The third-order valence-electron chi connectivity index (χ3n) is 5.49. The molecule has 174 valence electrons. The van der Waals surface area contributed by atoms with Crippen LogP contribution in [-0.4, -0.2) is 54.2 Å². The van der Waals surface area contributed by atoms with E-state index in [2.05, 4.69) is 10.6 Å². The third-order valence-corrected chi connectivity index (χ3v) is 5.49. The molecule has 3 rings (SSSR count). The monoisotopic (exact) mass is 450 g/mol. The summed E-state index contributed by atoms with van der Waals surface area (Å²) < 4.78 is 5.90. The number of fused-ring (bicyclic) bond motifs is 1. The molecule has 8 heteroatoms. The van der Waals surface area contributed by atoms with Crippen LogP contribution in [0, 0.1) is 0 Å². The number of carbonyl (C=O) groups is 3. The van der Waals surface area contributed by atoms with Crippen molar-refractivity contribution >= 4 is 40.1 Å². The topological polar surface area (TPSA) is 94.9 Å². The number of nitrogens with one attached hydrogen (secondary N) is 2. The summed E-state index contributed by atoms with van der Waals surface area (Å²) in [6.07, 6.45) is 0. The van der Waals surface area contributed by atoms with Crippen molar-refractivity contribution in [1.29, 1.82) is 0 Å². The Kier molecular flexibility index (Phi) is 7.84. The molecular formula is C25H30N4O4. The van der Waals surface area contributed by atoms with Gasteiger partial charge in [-0.2, -0.15) is 0 Å². The molecule has 1 atom stereocenters. The number of nitrogens with zero attached hydrogens (tertiary/aromatic N) is 2. The number of amides is 3. The van der Waals surface area contributed by atoms with E-state index in [4.69, 9.17) is 4.42 Å². The fourth-order valence-corrected chi connectivity index (χ4v) is 3.44. The van der Waals surface area contributed by atoms with Crippen LogP contribution >= 0.6 is 0 Å². The van der Waals surface area contributed by atoms with Gasteiger partial charge in [0, 0.05) is 30.7 Å². The molecule has 0 aliphatic rings. The molecule has 3 aromatic rings. The molecule has 0 radical (unpaired) electrons. The molecule has 0 saturated carbocycles. The molecule has 0 aliphatic carbocycles. The van der Waals surface area contributed by atoms with Crippen LogP contribution in [0.3, 0.4) is 0 Å². The molecule has 0 saturated heterocycles. The van der Waals surface area contributed by atoms with E-state index in [9.17, 15) is 14.4 Å². The second-order valence-corrected chi connectivity index (χ2v) is 7.98. The summed E-state index contributed by atoms with van der Waals surface area (Å²) in [6.45, 7) is 6.02. The number of hydrogen-bond donors (Lipinski definition) is 2. The number of likely N-dealkylation sites (N-methyl/N-ethyl adjacent to an activating group) is 2. The van der Waals surface area contributed by atoms with E-state index in [1.165, 1.54) is 6.92 Å². The van der Waals surface area contributed by atoms with E-state index in [0.717, 1.165) is 16.7 Å². The number of furan rings is 1. The van der Waals surface area contributed by atoms with Crippen molar-refractivity contribution in [1.82, 2.24) is 9.80 Å². The molecule has 3 amide bonds. The van der Waals surface area contributed by atoms with Gasteiger partial charge in [-0.05, 0) is 49.9 Å². The first-order valence-corrected chi connectivity index (χ1v) is 10.9. The lowest BCUT2D eigenvalue weighted by atomic mass is 10.2. The zero-order valence-corrected chi connectivity index (χ0v) is 19.4. The van der Waals surface area contributed by atoms with Crippen LogP contribution in [0.2, 0.25) is 0 Å². The normalized spacial score (nSPS) is 11.9. The minimum atomic E-state index is -0.237. The van der Waals surface area contributed by atoms with Crippen LogP contribution < -0.4 is 10.6 Å². The molecule has 0 aliphatic heterocycles. The van der Waals surface area contributed by atoms with Gasteiger partial charge in [0.1, 0.15) is 11.3 Å². The van der Waals surface area contributed by atoms with Crippen LogP contribution in [0.5, 0.6) is 0 Å². The highest BCUT2D eigenvalue weighted by molar-refractivity contribution is 5.93. The van der Waals surface area contributed by atoms with Gasteiger partial charge in [0.25, 0.3) is 0 Å². The Balaban J connectivity index is 1.54. The molecule has 1 heterocycles. The standard InChI is InChI=1S/C25H30N4O4/c1-5-29(15-24(31)27-21-12-10-20(11-13-21)26-18(3)30)16-25(32)28(4)17(2)23-14-19-8-6-7-9-22(19)33-23/h6-14,17H,5,15-16H2,1-4H3,(H,26,30)(H,27,31). The van der Waals surface area contributed by atoms with E-state index in [1.54, 1.807) is 41.1 Å². The van der Waals surface area contributed by atoms with Crippen LogP contribution in [0.4, 0.5) is 11.4 Å². The molecule has 2 N–H and O–H groups in total. The van der Waals surface area contributed by atoms with Crippen molar-refractivity contribution in [3.8, 4) is 0 Å². The van der Waals surface area contributed by atoms with Gasteiger partial charge >= 0.3 is 0 Å². The summed E-state index contributed by atoms with van der Waals surface area (Å²) in [5.41, 5.74) is 2.06. The molecule has 8 nitrogen and oxygen atoms in total. The predicted molar refractivity (Wildman–Crippen MR) is 129 cm³/mol. The van der Waals surface area contributed by atoms with Crippen molar-refractivity contribution < 1.29 is 18.8 Å². The maximum absolute atomic E-state index is 12.9. The molecule has 0 spiro atoms. The van der Waals surface area contributed by atoms with Crippen LogP contribution in [0.1, 0.15) is 32.6 Å². The number of para-hydroxylation sites is 1. The lowest BCUT2D eigenvalue weighted by Crippen LogP contribution is -2.42. The van der Waals surface area contributed by atoms with Gasteiger partial charge in [0.05, 0.1) is 19.1 Å². The first-order valence-electron chi connectivity index (χ1n) is 10.9. The highest BCUT2D eigenvalue weighted by Crippen LogP contribution is 2.26. The molecule has 2 aromatic carbocycles. The summed E-state index contributed by atoms with van der Waals surface area (Å²) in [5.74, 6) is 0.243. The minimum absolute atomic E-state index is 0.0859. The second kappa shape index (κ2) is 10.8. The van der Waals surface area contributed by atoms with Gasteiger partial charge < -0.3 is 20.0 Å². The fourth-order valence-electron chi connectivity index (χ4n) is 3.44. The van der Waals surface area contributed by atoms with Gasteiger partial charge in [-0.25, -0.2) is 0 Å². The number of benzene rings is 2. The Morgan fingerprint density at radius 1 is 0.970 bits per heavy atom. The first kappa shape index (κ1) is 24.0. The minimum Gasteiger partial charge on any atom is -0.459 e. The number of rotatable bonds is 9. The van der Waals surface area contributed by atoms with E-state index in [1.807, 2.05) is 44.2 Å².